The lowest BCUT2D eigenvalue weighted by molar-refractivity contribution is 0.512. The smallest absolute Gasteiger partial charge is 0.126 e. The Labute approximate surface area is 96.4 Å². The van der Waals surface area contributed by atoms with Crippen molar-refractivity contribution in [3.05, 3.63) is 65.1 Å². The average molecular weight is 212 g/mol. The van der Waals surface area contributed by atoms with Crippen LogP contribution in [0.25, 0.3) is 6.08 Å². The van der Waals surface area contributed by atoms with Crippen molar-refractivity contribution in [2.75, 3.05) is 0 Å². The molecule has 1 aromatic carbocycles. The van der Waals surface area contributed by atoms with Crippen molar-refractivity contribution < 1.29 is 4.42 Å². The van der Waals surface area contributed by atoms with E-state index in [0.717, 1.165) is 17.9 Å². The van der Waals surface area contributed by atoms with Crippen molar-refractivity contribution in [2.45, 2.75) is 20.3 Å². The summed E-state index contributed by atoms with van der Waals surface area (Å²) in [5, 5.41) is 0. The quantitative estimate of drug-likeness (QED) is 0.745. The standard InChI is InChI=1S/C15H16O/c1-4-14-7-8-15(16-14)10-13-9-11(2)5-6-12(13)3/h4-9H,1,10H2,2-3H3. The molecule has 2 aromatic rings. The minimum atomic E-state index is 0.834. The third kappa shape index (κ3) is 2.25. The van der Waals surface area contributed by atoms with Crippen molar-refractivity contribution in [3.63, 3.8) is 0 Å². The molecule has 0 aliphatic heterocycles. The summed E-state index contributed by atoms with van der Waals surface area (Å²) in [6.45, 7) is 7.93. The summed E-state index contributed by atoms with van der Waals surface area (Å²) in [5.41, 5.74) is 3.92. The first-order chi connectivity index (χ1) is 7.69. The SMILES string of the molecule is C=Cc1ccc(Cc2cc(C)ccc2C)o1. The molecule has 0 spiro atoms. The van der Waals surface area contributed by atoms with E-state index in [9.17, 15) is 0 Å². The molecule has 0 saturated heterocycles. The molecule has 16 heavy (non-hydrogen) atoms. The number of aryl methyl sites for hydroxylation is 2. The lowest BCUT2D eigenvalue weighted by Gasteiger charge is -2.05. The molecule has 0 bridgehead atoms. The summed E-state index contributed by atoms with van der Waals surface area (Å²) < 4.78 is 5.61. The van der Waals surface area contributed by atoms with Gasteiger partial charge in [-0.15, -0.1) is 0 Å². The van der Waals surface area contributed by atoms with Gasteiger partial charge in [-0.25, -0.2) is 0 Å². The topological polar surface area (TPSA) is 13.1 Å². The van der Waals surface area contributed by atoms with Crippen LogP contribution in [0.2, 0.25) is 0 Å². The maximum Gasteiger partial charge on any atom is 0.126 e. The zero-order valence-electron chi connectivity index (χ0n) is 9.79. The molecule has 1 nitrogen and oxygen atoms in total. The predicted octanol–water partition coefficient (Wildman–Crippen LogP) is 4.13. The maximum atomic E-state index is 5.61. The third-order valence-electron chi connectivity index (χ3n) is 2.75. The number of hydrogen-bond acceptors (Lipinski definition) is 1. The predicted molar refractivity (Wildman–Crippen MR) is 67.5 cm³/mol. The molecule has 0 N–H and O–H groups in total. The molecule has 0 amide bonds. The molecule has 0 aliphatic carbocycles. The minimum Gasteiger partial charge on any atom is -0.461 e. The van der Waals surface area contributed by atoms with Crippen molar-refractivity contribution in [1.29, 1.82) is 0 Å². The van der Waals surface area contributed by atoms with Gasteiger partial charge in [-0.2, -0.15) is 0 Å². The number of furan rings is 1. The van der Waals surface area contributed by atoms with Crippen LogP contribution in [0.15, 0.2) is 41.3 Å². The molecule has 0 atom stereocenters. The van der Waals surface area contributed by atoms with Gasteiger partial charge in [0.25, 0.3) is 0 Å². The van der Waals surface area contributed by atoms with Gasteiger partial charge in [-0.05, 0) is 43.2 Å². The van der Waals surface area contributed by atoms with Crippen LogP contribution in [-0.4, -0.2) is 0 Å². The lowest BCUT2D eigenvalue weighted by Crippen LogP contribution is -1.91. The van der Waals surface area contributed by atoms with E-state index in [2.05, 4.69) is 38.6 Å². The highest BCUT2D eigenvalue weighted by Crippen LogP contribution is 2.17. The average Bonchev–Trinajstić information content (AvgIpc) is 2.71. The van der Waals surface area contributed by atoms with Gasteiger partial charge in [-0.3, -0.25) is 0 Å². The Bertz CT molecular complexity index is 506. The normalized spacial score (nSPS) is 10.4. The molecule has 1 aromatic heterocycles. The summed E-state index contributed by atoms with van der Waals surface area (Å²) in [4.78, 5) is 0. The first-order valence-electron chi connectivity index (χ1n) is 5.46. The molecule has 1 heteroatoms. The van der Waals surface area contributed by atoms with Gasteiger partial charge in [0.1, 0.15) is 11.5 Å². The van der Waals surface area contributed by atoms with Gasteiger partial charge in [0.15, 0.2) is 0 Å². The van der Waals surface area contributed by atoms with Crippen molar-refractivity contribution >= 4 is 6.08 Å². The van der Waals surface area contributed by atoms with Gasteiger partial charge in [0.2, 0.25) is 0 Å². The van der Waals surface area contributed by atoms with Crippen LogP contribution in [0.5, 0.6) is 0 Å². The summed E-state index contributed by atoms with van der Waals surface area (Å²) in [6.07, 6.45) is 2.58. The highest BCUT2D eigenvalue weighted by atomic mass is 16.3. The van der Waals surface area contributed by atoms with Crippen molar-refractivity contribution in [1.82, 2.24) is 0 Å². The summed E-state index contributed by atoms with van der Waals surface area (Å²) >= 11 is 0. The molecular formula is C15H16O. The van der Waals surface area contributed by atoms with Crippen LogP contribution >= 0.6 is 0 Å². The second-order valence-corrected chi connectivity index (χ2v) is 4.11. The third-order valence-corrected chi connectivity index (χ3v) is 2.75. The minimum absolute atomic E-state index is 0.834. The number of benzene rings is 1. The Morgan fingerprint density at radius 2 is 2.00 bits per heavy atom. The van der Waals surface area contributed by atoms with Gasteiger partial charge in [0.05, 0.1) is 0 Å². The highest BCUT2D eigenvalue weighted by Gasteiger charge is 2.04. The Morgan fingerprint density at radius 3 is 2.69 bits per heavy atom. The van der Waals surface area contributed by atoms with E-state index in [0.29, 0.717) is 0 Å². The van der Waals surface area contributed by atoms with E-state index in [1.54, 1.807) is 6.08 Å². The van der Waals surface area contributed by atoms with Crippen LogP contribution in [0.3, 0.4) is 0 Å². The lowest BCUT2D eigenvalue weighted by atomic mass is 10.0. The molecule has 0 saturated carbocycles. The van der Waals surface area contributed by atoms with E-state index in [4.69, 9.17) is 4.42 Å². The molecule has 0 radical (unpaired) electrons. The highest BCUT2D eigenvalue weighted by molar-refractivity contribution is 5.40. The van der Waals surface area contributed by atoms with Crippen LogP contribution in [0, 0.1) is 13.8 Å². The fraction of sp³-hybridized carbons (Fsp3) is 0.200. The first-order valence-corrected chi connectivity index (χ1v) is 5.46. The van der Waals surface area contributed by atoms with Crippen molar-refractivity contribution in [2.24, 2.45) is 0 Å². The molecule has 0 unspecified atom stereocenters. The van der Waals surface area contributed by atoms with Crippen LogP contribution in [-0.2, 0) is 6.42 Å². The van der Waals surface area contributed by atoms with Gasteiger partial charge in [0, 0.05) is 6.42 Å². The van der Waals surface area contributed by atoms with Gasteiger partial charge in [-0.1, -0.05) is 30.3 Å². The second kappa shape index (κ2) is 4.40. The fourth-order valence-corrected chi connectivity index (χ4v) is 1.78. The Hall–Kier alpha value is -1.76. The number of rotatable bonds is 3. The van der Waals surface area contributed by atoms with E-state index in [-0.39, 0.29) is 0 Å². The molecule has 2 rings (SSSR count). The van der Waals surface area contributed by atoms with Crippen LogP contribution in [0.4, 0.5) is 0 Å². The summed E-state index contributed by atoms with van der Waals surface area (Å²) in [7, 11) is 0. The Kier molecular flexibility index (Phi) is 2.95. The monoisotopic (exact) mass is 212 g/mol. The molecular weight excluding hydrogens is 196 g/mol. The summed E-state index contributed by atoms with van der Waals surface area (Å²) in [6, 6.07) is 10.5. The van der Waals surface area contributed by atoms with Crippen LogP contribution in [0.1, 0.15) is 28.2 Å². The molecule has 1 heterocycles. The second-order valence-electron chi connectivity index (χ2n) is 4.11. The van der Waals surface area contributed by atoms with E-state index >= 15 is 0 Å². The number of hydrogen-bond donors (Lipinski definition) is 0. The zero-order chi connectivity index (χ0) is 11.5. The molecule has 82 valence electrons. The maximum absolute atomic E-state index is 5.61. The zero-order valence-corrected chi connectivity index (χ0v) is 9.79. The summed E-state index contributed by atoms with van der Waals surface area (Å²) in [5.74, 6) is 1.82. The van der Waals surface area contributed by atoms with Crippen molar-refractivity contribution in [3.8, 4) is 0 Å². The van der Waals surface area contributed by atoms with E-state index in [1.807, 2.05) is 12.1 Å². The first kappa shape index (κ1) is 10.7. The van der Waals surface area contributed by atoms with Crippen LogP contribution < -0.4 is 0 Å². The molecule has 0 fully saturated rings. The van der Waals surface area contributed by atoms with Gasteiger partial charge < -0.3 is 4.42 Å². The van der Waals surface area contributed by atoms with E-state index in [1.165, 1.54) is 16.7 Å². The Balaban J connectivity index is 2.26. The van der Waals surface area contributed by atoms with E-state index < -0.39 is 0 Å². The fourth-order valence-electron chi connectivity index (χ4n) is 1.78. The van der Waals surface area contributed by atoms with Gasteiger partial charge >= 0.3 is 0 Å². The largest absolute Gasteiger partial charge is 0.461 e. The molecule has 0 aliphatic rings. The Morgan fingerprint density at radius 1 is 1.19 bits per heavy atom.